The Hall–Kier alpha value is -4.31. The fourth-order valence-electron chi connectivity index (χ4n) is 4.65. The molecule has 2 heterocycles. The van der Waals surface area contributed by atoms with E-state index < -0.39 is 21.7 Å². The largest absolute Gasteiger partial charge is 0.452 e. The molecule has 2 aliphatic rings. The molecule has 2 aliphatic heterocycles. The number of nitrogens with two attached hydrogens (primary N) is 1. The van der Waals surface area contributed by atoms with E-state index in [1.807, 2.05) is 41.5 Å². The van der Waals surface area contributed by atoms with Gasteiger partial charge >= 0.3 is 0 Å². The van der Waals surface area contributed by atoms with Gasteiger partial charge in [0.15, 0.2) is 23.0 Å². The molecule has 37 heavy (non-hydrogen) atoms. The van der Waals surface area contributed by atoms with Crippen molar-refractivity contribution >= 4 is 23.0 Å². The van der Waals surface area contributed by atoms with Gasteiger partial charge in [-0.1, -0.05) is 41.5 Å². The molecule has 5 rings (SSSR count). The first-order chi connectivity index (χ1) is 17.3. The number of hydrazine groups is 1. The van der Waals surface area contributed by atoms with Crippen LogP contribution in [-0.4, -0.2) is 10.8 Å². The lowest BCUT2D eigenvalue weighted by molar-refractivity contribution is -0.384. The molecular weight excluding hydrogens is 474 g/mol. The highest BCUT2D eigenvalue weighted by Gasteiger charge is 2.36. The van der Waals surface area contributed by atoms with Gasteiger partial charge in [0.25, 0.3) is 11.6 Å². The van der Waals surface area contributed by atoms with Crippen LogP contribution < -0.4 is 31.5 Å². The molecule has 0 saturated heterocycles. The van der Waals surface area contributed by atoms with Crippen LogP contribution in [0, 0.1) is 10.1 Å². The molecule has 0 bridgehead atoms. The molecule has 0 radical (unpaired) electrons. The number of nitrogen functional groups attached to an aromatic ring is 1. The average molecular weight is 502 g/mol. The van der Waals surface area contributed by atoms with Crippen LogP contribution in [0.1, 0.15) is 63.0 Å². The molecule has 0 spiro atoms. The van der Waals surface area contributed by atoms with Crippen LogP contribution in [0.2, 0.25) is 0 Å². The SMILES string of the molecule is CC(C)(C)c1c2c(c(C(C)(C)C)c3c1=Nc1ccc(C(=O)NN)cc1O3)=Nc1ccc([N+](=O)[O-])cc1O2. The monoisotopic (exact) mass is 501 g/mol. The summed E-state index contributed by atoms with van der Waals surface area (Å²) < 4.78 is 12.9. The smallest absolute Gasteiger partial charge is 0.273 e. The topological polar surface area (TPSA) is 141 Å². The molecule has 0 aliphatic carbocycles. The second-order valence-corrected chi connectivity index (χ2v) is 11.1. The van der Waals surface area contributed by atoms with Gasteiger partial charge in [0, 0.05) is 22.8 Å². The van der Waals surface area contributed by atoms with Crippen molar-refractivity contribution in [1.29, 1.82) is 0 Å². The molecule has 0 atom stereocenters. The Morgan fingerprint density at radius 2 is 1.35 bits per heavy atom. The van der Waals surface area contributed by atoms with Gasteiger partial charge in [-0.2, -0.15) is 0 Å². The zero-order chi connectivity index (χ0) is 26.9. The lowest BCUT2D eigenvalue weighted by atomic mass is 9.79. The number of carbonyl (C=O) groups excluding carboxylic acids is 1. The fourth-order valence-corrected chi connectivity index (χ4v) is 4.65. The Bertz CT molecular complexity index is 1630. The van der Waals surface area contributed by atoms with Gasteiger partial charge in [-0.05, 0) is 35.1 Å². The van der Waals surface area contributed by atoms with Gasteiger partial charge < -0.3 is 9.47 Å². The maximum Gasteiger partial charge on any atom is 0.273 e. The van der Waals surface area contributed by atoms with Gasteiger partial charge in [0.1, 0.15) is 22.1 Å². The van der Waals surface area contributed by atoms with Gasteiger partial charge in [0.2, 0.25) is 0 Å². The number of hydrogen-bond acceptors (Lipinski definition) is 8. The van der Waals surface area contributed by atoms with Crippen molar-refractivity contribution in [3.63, 3.8) is 0 Å². The highest BCUT2D eigenvalue weighted by molar-refractivity contribution is 5.94. The summed E-state index contributed by atoms with van der Waals surface area (Å²) in [5.74, 6) is 6.64. The van der Waals surface area contributed by atoms with E-state index in [4.69, 9.17) is 25.3 Å². The molecule has 1 amide bonds. The summed E-state index contributed by atoms with van der Waals surface area (Å²) in [6.45, 7) is 12.2. The Morgan fingerprint density at radius 3 is 1.81 bits per heavy atom. The predicted molar refractivity (Wildman–Crippen MR) is 137 cm³/mol. The van der Waals surface area contributed by atoms with E-state index >= 15 is 0 Å². The van der Waals surface area contributed by atoms with Crippen LogP contribution in [0.3, 0.4) is 0 Å². The van der Waals surface area contributed by atoms with Crippen molar-refractivity contribution < 1.29 is 19.2 Å². The summed E-state index contributed by atoms with van der Waals surface area (Å²) >= 11 is 0. The van der Waals surface area contributed by atoms with Gasteiger partial charge in [-0.3, -0.25) is 20.3 Å². The minimum Gasteiger partial charge on any atom is -0.452 e. The number of nitrogens with zero attached hydrogens (tertiary/aromatic N) is 3. The summed E-state index contributed by atoms with van der Waals surface area (Å²) in [4.78, 5) is 33.0. The number of rotatable bonds is 2. The van der Waals surface area contributed by atoms with Gasteiger partial charge in [-0.25, -0.2) is 15.8 Å². The van der Waals surface area contributed by atoms with Crippen LogP contribution >= 0.6 is 0 Å². The highest BCUT2D eigenvalue weighted by Crippen LogP contribution is 2.45. The zero-order valence-corrected chi connectivity index (χ0v) is 21.4. The van der Waals surface area contributed by atoms with E-state index in [0.717, 1.165) is 11.1 Å². The third-order valence-electron chi connectivity index (χ3n) is 6.25. The van der Waals surface area contributed by atoms with E-state index in [1.165, 1.54) is 12.1 Å². The van der Waals surface area contributed by atoms with Crippen LogP contribution in [0.15, 0.2) is 46.4 Å². The standard InChI is InChI=1S/C27H27N5O5/c1-26(2,3)19-22-24(37-18-12-14(32(34)35)8-10-16(18)30-22)20(27(4,5)6)21-23(19)36-17-11-13(25(33)31-28)7-9-15(17)29-21/h7-12H,28H2,1-6H3,(H,31,33). The summed E-state index contributed by atoms with van der Waals surface area (Å²) in [5.41, 5.74) is 4.07. The summed E-state index contributed by atoms with van der Waals surface area (Å²) in [6, 6.07) is 9.31. The molecule has 10 heteroatoms. The quantitative estimate of drug-likeness (QED) is 0.152. The maximum absolute atomic E-state index is 12.1. The van der Waals surface area contributed by atoms with Crippen LogP contribution in [0.4, 0.5) is 17.1 Å². The number of nitro groups is 1. The van der Waals surface area contributed by atoms with Crippen molar-refractivity contribution in [3.05, 3.63) is 73.9 Å². The van der Waals surface area contributed by atoms with Crippen molar-refractivity contribution in [1.82, 2.24) is 5.43 Å². The lowest BCUT2D eigenvalue weighted by Crippen LogP contribution is -2.37. The van der Waals surface area contributed by atoms with E-state index in [-0.39, 0.29) is 5.69 Å². The first-order valence-electron chi connectivity index (χ1n) is 11.8. The molecule has 3 N–H and O–H groups in total. The molecule has 0 unspecified atom stereocenters. The first-order valence-corrected chi connectivity index (χ1v) is 11.8. The van der Waals surface area contributed by atoms with Crippen molar-refractivity contribution in [2.45, 2.75) is 52.4 Å². The molecule has 3 aromatic rings. The van der Waals surface area contributed by atoms with Crippen molar-refractivity contribution in [2.24, 2.45) is 15.8 Å². The number of hydrogen-bond donors (Lipinski definition) is 2. The Morgan fingerprint density at radius 1 is 0.865 bits per heavy atom. The normalized spacial score (nSPS) is 13.4. The number of nitrogens with one attached hydrogen (secondary N) is 1. The minimum absolute atomic E-state index is 0.0806. The molecule has 10 nitrogen and oxygen atoms in total. The van der Waals surface area contributed by atoms with E-state index in [9.17, 15) is 14.9 Å². The van der Waals surface area contributed by atoms with Crippen LogP contribution in [0.5, 0.6) is 23.0 Å². The van der Waals surface area contributed by atoms with E-state index in [2.05, 4.69) is 5.43 Å². The second kappa shape index (κ2) is 8.10. The number of non-ortho nitro benzene ring substituents is 1. The molecule has 0 fully saturated rings. The first kappa shape index (κ1) is 24.4. The van der Waals surface area contributed by atoms with Gasteiger partial charge in [0.05, 0.1) is 11.0 Å². The number of amides is 1. The molecular formula is C27H27N5O5. The Labute approximate surface area is 213 Å². The van der Waals surface area contributed by atoms with E-state index in [1.54, 1.807) is 24.3 Å². The molecule has 3 aromatic carbocycles. The third-order valence-corrected chi connectivity index (χ3v) is 6.25. The molecule has 0 saturated carbocycles. The minimum atomic E-state index is -0.462. The average Bonchev–Trinajstić information content (AvgIpc) is 2.81. The van der Waals surface area contributed by atoms with Gasteiger partial charge in [-0.15, -0.1) is 0 Å². The summed E-state index contributed by atoms with van der Waals surface area (Å²) in [5, 5.41) is 12.6. The Kier molecular flexibility index (Phi) is 5.34. The molecule has 0 aromatic heterocycles. The number of ether oxygens (including phenoxy) is 2. The maximum atomic E-state index is 12.1. The lowest BCUT2D eigenvalue weighted by Gasteiger charge is -2.32. The van der Waals surface area contributed by atoms with Crippen LogP contribution in [0.25, 0.3) is 0 Å². The fraction of sp³-hybridized carbons (Fsp3) is 0.296. The van der Waals surface area contributed by atoms with Crippen molar-refractivity contribution in [2.75, 3.05) is 0 Å². The number of nitro benzene ring substituents is 1. The predicted octanol–water partition coefficient (Wildman–Crippen LogP) is 4.91. The highest BCUT2D eigenvalue weighted by atomic mass is 16.6. The zero-order valence-electron chi connectivity index (χ0n) is 21.4. The Balaban J connectivity index is 1.89. The second-order valence-electron chi connectivity index (χ2n) is 11.1. The third kappa shape index (κ3) is 3.99. The molecule has 190 valence electrons. The number of fused-ring (bicyclic) bond motifs is 4. The number of benzene rings is 3. The van der Waals surface area contributed by atoms with E-state index in [0.29, 0.717) is 50.7 Å². The van der Waals surface area contributed by atoms with Crippen molar-refractivity contribution in [3.8, 4) is 23.0 Å². The number of carbonyl (C=O) groups is 1. The summed E-state index contributed by atoms with van der Waals surface area (Å²) in [7, 11) is 0. The summed E-state index contributed by atoms with van der Waals surface area (Å²) in [6.07, 6.45) is 0. The van der Waals surface area contributed by atoms with Crippen LogP contribution in [-0.2, 0) is 10.8 Å².